The highest BCUT2D eigenvalue weighted by Gasteiger charge is 2.08. The fraction of sp³-hybridized carbons (Fsp3) is 0.333. The van der Waals surface area contributed by atoms with Gasteiger partial charge in [-0.3, -0.25) is 0 Å². The lowest BCUT2D eigenvalue weighted by Crippen LogP contribution is -2.03. The van der Waals surface area contributed by atoms with Crippen LogP contribution in [-0.2, 0) is 13.6 Å². The number of hydrogen-bond acceptors (Lipinski definition) is 4. The Bertz CT molecular complexity index is 418. The molecule has 14 heavy (non-hydrogen) atoms. The fourth-order valence-corrected chi connectivity index (χ4v) is 1.30. The number of rotatable bonds is 3. The third-order valence-electron chi connectivity index (χ3n) is 1.98. The Hall–Kier alpha value is -1.62. The maximum atomic E-state index is 5.59. The zero-order valence-electron chi connectivity index (χ0n) is 8.19. The molecular weight excluding hydrogens is 180 g/mol. The highest BCUT2D eigenvalue weighted by atomic mass is 16.3. The summed E-state index contributed by atoms with van der Waals surface area (Å²) in [6.07, 6.45) is 1.68. The van der Waals surface area contributed by atoms with Gasteiger partial charge in [-0.05, 0) is 19.2 Å². The van der Waals surface area contributed by atoms with Crippen LogP contribution in [-0.4, -0.2) is 22.0 Å². The van der Waals surface area contributed by atoms with Crippen LogP contribution in [0.1, 0.15) is 5.76 Å². The van der Waals surface area contributed by atoms with E-state index in [0.717, 1.165) is 23.8 Å². The average molecular weight is 192 g/mol. The van der Waals surface area contributed by atoms with Gasteiger partial charge in [0.15, 0.2) is 5.76 Å². The molecule has 2 rings (SSSR count). The Morgan fingerprint density at radius 2 is 2.36 bits per heavy atom. The first-order chi connectivity index (χ1) is 6.81. The molecular formula is C9H12N4O. The van der Waals surface area contributed by atoms with Gasteiger partial charge in [0.25, 0.3) is 0 Å². The van der Waals surface area contributed by atoms with Crippen molar-refractivity contribution in [3.63, 3.8) is 0 Å². The van der Waals surface area contributed by atoms with Crippen LogP contribution >= 0.6 is 0 Å². The molecule has 74 valence electrons. The summed E-state index contributed by atoms with van der Waals surface area (Å²) >= 11 is 0. The van der Waals surface area contributed by atoms with E-state index in [4.69, 9.17) is 4.42 Å². The molecule has 0 unspecified atom stereocenters. The van der Waals surface area contributed by atoms with Gasteiger partial charge >= 0.3 is 0 Å². The van der Waals surface area contributed by atoms with Crippen molar-refractivity contribution in [2.24, 2.45) is 7.05 Å². The van der Waals surface area contributed by atoms with E-state index in [1.165, 1.54) is 0 Å². The predicted octanol–water partition coefficient (Wildman–Crippen LogP) is 0.794. The van der Waals surface area contributed by atoms with Crippen LogP contribution in [0.25, 0.3) is 11.5 Å². The third-order valence-corrected chi connectivity index (χ3v) is 1.98. The van der Waals surface area contributed by atoms with E-state index in [1.807, 2.05) is 26.2 Å². The fourth-order valence-electron chi connectivity index (χ4n) is 1.30. The van der Waals surface area contributed by atoms with Crippen LogP contribution in [0.5, 0.6) is 0 Å². The third kappa shape index (κ3) is 1.54. The second-order valence-electron chi connectivity index (χ2n) is 3.04. The first-order valence-corrected chi connectivity index (χ1v) is 4.39. The smallest absolute Gasteiger partial charge is 0.154 e. The molecule has 2 heterocycles. The van der Waals surface area contributed by atoms with Gasteiger partial charge < -0.3 is 9.73 Å². The molecule has 0 aromatic carbocycles. The van der Waals surface area contributed by atoms with Crippen LogP contribution in [0.15, 0.2) is 22.7 Å². The van der Waals surface area contributed by atoms with Crippen LogP contribution in [0.4, 0.5) is 0 Å². The summed E-state index contributed by atoms with van der Waals surface area (Å²) in [4.78, 5) is 0. The second kappa shape index (κ2) is 3.63. The largest absolute Gasteiger partial charge is 0.458 e. The van der Waals surface area contributed by atoms with E-state index < -0.39 is 0 Å². The van der Waals surface area contributed by atoms with Gasteiger partial charge in [-0.1, -0.05) is 5.21 Å². The lowest BCUT2D eigenvalue weighted by molar-refractivity contribution is 0.502. The predicted molar refractivity (Wildman–Crippen MR) is 51.5 cm³/mol. The molecule has 0 radical (unpaired) electrons. The van der Waals surface area contributed by atoms with Crippen molar-refractivity contribution in [3.8, 4) is 11.5 Å². The number of aryl methyl sites for hydroxylation is 1. The quantitative estimate of drug-likeness (QED) is 0.781. The summed E-state index contributed by atoms with van der Waals surface area (Å²) in [7, 11) is 3.72. The van der Waals surface area contributed by atoms with Crippen molar-refractivity contribution in [2.45, 2.75) is 6.54 Å². The highest BCUT2D eigenvalue weighted by molar-refractivity contribution is 5.50. The van der Waals surface area contributed by atoms with E-state index in [2.05, 4.69) is 15.6 Å². The van der Waals surface area contributed by atoms with Crippen molar-refractivity contribution in [1.29, 1.82) is 0 Å². The van der Waals surface area contributed by atoms with Gasteiger partial charge in [-0.2, -0.15) is 0 Å². The van der Waals surface area contributed by atoms with E-state index in [9.17, 15) is 0 Å². The molecule has 0 spiro atoms. The van der Waals surface area contributed by atoms with Crippen LogP contribution in [0, 0.1) is 0 Å². The molecule has 2 aromatic heterocycles. The van der Waals surface area contributed by atoms with Crippen molar-refractivity contribution < 1.29 is 4.42 Å². The SMILES string of the molecule is CNCc1ccc(-c2cnnn2C)o1. The first kappa shape index (κ1) is 8.96. The summed E-state index contributed by atoms with van der Waals surface area (Å²) in [6.45, 7) is 0.727. The summed E-state index contributed by atoms with van der Waals surface area (Å²) in [5.41, 5.74) is 0.882. The number of hydrogen-bond donors (Lipinski definition) is 1. The number of nitrogens with one attached hydrogen (secondary N) is 1. The van der Waals surface area contributed by atoms with Gasteiger partial charge in [0.2, 0.25) is 0 Å². The minimum atomic E-state index is 0.727. The van der Waals surface area contributed by atoms with Crippen LogP contribution in [0.2, 0.25) is 0 Å². The van der Waals surface area contributed by atoms with Gasteiger partial charge in [-0.15, -0.1) is 5.10 Å². The molecule has 5 nitrogen and oxygen atoms in total. The van der Waals surface area contributed by atoms with Crippen molar-refractivity contribution in [3.05, 3.63) is 24.1 Å². The van der Waals surface area contributed by atoms with E-state index >= 15 is 0 Å². The zero-order chi connectivity index (χ0) is 9.97. The summed E-state index contributed by atoms with van der Waals surface area (Å²) < 4.78 is 7.27. The Kier molecular flexibility index (Phi) is 2.32. The first-order valence-electron chi connectivity index (χ1n) is 4.39. The Morgan fingerprint density at radius 3 is 3.00 bits per heavy atom. The monoisotopic (exact) mass is 192 g/mol. The normalized spacial score (nSPS) is 10.7. The van der Waals surface area contributed by atoms with Crippen LogP contribution < -0.4 is 5.32 Å². The Morgan fingerprint density at radius 1 is 1.50 bits per heavy atom. The molecule has 0 aliphatic heterocycles. The van der Waals surface area contributed by atoms with Crippen LogP contribution in [0.3, 0.4) is 0 Å². The molecule has 0 aliphatic carbocycles. The topological polar surface area (TPSA) is 55.9 Å². The lowest BCUT2D eigenvalue weighted by Gasteiger charge is -1.96. The van der Waals surface area contributed by atoms with Crippen molar-refractivity contribution in [1.82, 2.24) is 20.3 Å². The minimum Gasteiger partial charge on any atom is -0.458 e. The van der Waals surface area contributed by atoms with Crippen molar-refractivity contribution >= 4 is 0 Å². The zero-order valence-corrected chi connectivity index (χ0v) is 8.19. The van der Waals surface area contributed by atoms with Gasteiger partial charge in [-0.25, -0.2) is 4.68 Å². The summed E-state index contributed by atoms with van der Waals surface area (Å²) in [6, 6.07) is 3.87. The van der Waals surface area contributed by atoms with Crippen molar-refractivity contribution in [2.75, 3.05) is 7.05 Å². The molecule has 5 heteroatoms. The van der Waals surface area contributed by atoms with Gasteiger partial charge in [0.1, 0.15) is 11.5 Å². The molecule has 0 bridgehead atoms. The van der Waals surface area contributed by atoms with E-state index in [-0.39, 0.29) is 0 Å². The molecule has 1 N–H and O–H groups in total. The highest BCUT2D eigenvalue weighted by Crippen LogP contribution is 2.19. The average Bonchev–Trinajstić information content (AvgIpc) is 2.74. The maximum absolute atomic E-state index is 5.59. The molecule has 0 fully saturated rings. The number of nitrogens with zero attached hydrogens (tertiary/aromatic N) is 3. The Balaban J connectivity index is 2.29. The molecule has 0 saturated carbocycles. The molecule has 2 aromatic rings. The van der Waals surface area contributed by atoms with E-state index in [1.54, 1.807) is 10.9 Å². The van der Waals surface area contributed by atoms with Gasteiger partial charge in [0, 0.05) is 7.05 Å². The minimum absolute atomic E-state index is 0.727. The summed E-state index contributed by atoms with van der Waals surface area (Å²) in [5.74, 6) is 1.70. The molecule has 0 atom stereocenters. The Labute approximate surface area is 81.7 Å². The van der Waals surface area contributed by atoms with E-state index in [0.29, 0.717) is 0 Å². The summed E-state index contributed by atoms with van der Waals surface area (Å²) in [5, 5.41) is 10.7. The van der Waals surface area contributed by atoms with Gasteiger partial charge in [0.05, 0.1) is 12.7 Å². The lowest BCUT2D eigenvalue weighted by atomic mass is 10.3. The second-order valence-corrected chi connectivity index (χ2v) is 3.04. The molecule has 0 aliphatic rings. The maximum Gasteiger partial charge on any atom is 0.154 e. The number of aromatic nitrogens is 3. The standard InChI is InChI=1S/C9H12N4O/c1-10-5-7-3-4-9(14-7)8-6-11-12-13(8)2/h3-4,6,10H,5H2,1-2H3. The molecule has 0 saturated heterocycles. The number of furan rings is 1. The molecule has 0 amide bonds.